The summed E-state index contributed by atoms with van der Waals surface area (Å²) in [4.78, 5) is 34.9. The zero-order chi connectivity index (χ0) is 17.4. The molecular weight excluding hydrogens is 301 g/mol. The van der Waals surface area contributed by atoms with E-state index in [4.69, 9.17) is 5.73 Å². The van der Waals surface area contributed by atoms with Crippen LogP contribution in [0.2, 0.25) is 0 Å². The van der Waals surface area contributed by atoms with Crippen LogP contribution >= 0.6 is 0 Å². The lowest BCUT2D eigenvalue weighted by Gasteiger charge is -2.21. The molecule has 23 heavy (non-hydrogen) atoms. The maximum Gasteiger partial charge on any atom is 0.243 e. The quantitative estimate of drug-likeness (QED) is 0.605. The van der Waals surface area contributed by atoms with Crippen LogP contribution in [0.3, 0.4) is 0 Å². The molecule has 1 rings (SSSR count). The number of nitrogens with one attached hydrogen (secondary N) is 2. The van der Waals surface area contributed by atoms with Gasteiger partial charge in [0.1, 0.15) is 17.9 Å². The predicted octanol–water partition coefficient (Wildman–Crippen LogP) is 0.419. The summed E-state index contributed by atoms with van der Waals surface area (Å²) in [6.45, 7) is 4.76. The highest BCUT2D eigenvalue weighted by Gasteiger charge is 2.24. The van der Waals surface area contributed by atoms with E-state index in [0.717, 1.165) is 0 Å². The van der Waals surface area contributed by atoms with Gasteiger partial charge in [-0.15, -0.1) is 6.58 Å². The van der Waals surface area contributed by atoms with E-state index in [1.807, 2.05) is 0 Å². The van der Waals surface area contributed by atoms with Crippen molar-refractivity contribution in [3.8, 4) is 0 Å². The van der Waals surface area contributed by atoms with Crippen LogP contribution in [0.4, 0.5) is 4.39 Å². The highest BCUT2D eigenvalue weighted by atomic mass is 19.1. The fourth-order valence-electron chi connectivity index (χ4n) is 2.04. The molecule has 124 valence electrons. The highest BCUT2D eigenvalue weighted by Crippen LogP contribution is 2.07. The van der Waals surface area contributed by atoms with Gasteiger partial charge in [0.05, 0.1) is 0 Å². The maximum atomic E-state index is 13.2. The van der Waals surface area contributed by atoms with Crippen LogP contribution in [0.15, 0.2) is 36.9 Å². The van der Waals surface area contributed by atoms with Crippen molar-refractivity contribution >= 4 is 17.7 Å². The van der Waals surface area contributed by atoms with Gasteiger partial charge in [0.15, 0.2) is 0 Å². The van der Waals surface area contributed by atoms with E-state index < -0.39 is 35.6 Å². The fraction of sp³-hybridized carbons (Fsp3) is 0.312. The SMILES string of the molecule is C=CC[C@H](NC(=O)[C@H](Cc1cccc(F)c1)NC(C)=O)C(N)=O. The predicted molar refractivity (Wildman–Crippen MR) is 83.6 cm³/mol. The van der Waals surface area contributed by atoms with Gasteiger partial charge in [-0.25, -0.2) is 4.39 Å². The Hall–Kier alpha value is -2.70. The lowest BCUT2D eigenvalue weighted by Crippen LogP contribution is -2.53. The number of carbonyl (C=O) groups excluding carboxylic acids is 3. The van der Waals surface area contributed by atoms with Gasteiger partial charge < -0.3 is 16.4 Å². The summed E-state index contributed by atoms with van der Waals surface area (Å²) in [5, 5.41) is 4.95. The Bertz CT molecular complexity index is 604. The number of nitrogens with two attached hydrogens (primary N) is 1. The molecule has 7 heteroatoms. The van der Waals surface area contributed by atoms with E-state index in [2.05, 4.69) is 17.2 Å². The molecule has 0 bridgehead atoms. The Morgan fingerprint density at radius 3 is 2.52 bits per heavy atom. The Labute approximate surface area is 133 Å². The second kappa shape index (κ2) is 8.67. The molecule has 0 aliphatic heterocycles. The van der Waals surface area contributed by atoms with Crippen LogP contribution in [0.25, 0.3) is 0 Å². The van der Waals surface area contributed by atoms with Crippen molar-refractivity contribution in [3.05, 3.63) is 48.3 Å². The number of carbonyl (C=O) groups is 3. The summed E-state index contributed by atoms with van der Waals surface area (Å²) in [5.41, 5.74) is 5.75. The number of halogens is 1. The molecule has 0 aromatic heterocycles. The van der Waals surface area contributed by atoms with E-state index >= 15 is 0 Å². The van der Waals surface area contributed by atoms with E-state index in [1.165, 1.54) is 31.2 Å². The summed E-state index contributed by atoms with van der Waals surface area (Å²) < 4.78 is 13.2. The third-order valence-corrected chi connectivity index (χ3v) is 3.09. The average Bonchev–Trinajstić information content (AvgIpc) is 2.45. The molecule has 1 aromatic carbocycles. The van der Waals surface area contributed by atoms with Crippen molar-refractivity contribution in [3.63, 3.8) is 0 Å². The molecule has 2 atom stereocenters. The van der Waals surface area contributed by atoms with E-state index in [1.54, 1.807) is 6.07 Å². The molecule has 0 fully saturated rings. The summed E-state index contributed by atoms with van der Waals surface area (Å²) in [6, 6.07) is 3.85. The highest BCUT2D eigenvalue weighted by molar-refractivity contribution is 5.91. The molecule has 3 amide bonds. The number of amides is 3. The Morgan fingerprint density at radius 1 is 1.30 bits per heavy atom. The molecule has 0 aliphatic rings. The molecule has 0 radical (unpaired) electrons. The summed E-state index contributed by atoms with van der Waals surface area (Å²) in [5.74, 6) is -2.13. The molecular formula is C16H20FN3O3. The fourth-order valence-corrected chi connectivity index (χ4v) is 2.04. The van der Waals surface area contributed by atoms with Crippen LogP contribution in [-0.2, 0) is 20.8 Å². The number of hydrogen-bond acceptors (Lipinski definition) is 3. The standard InChI is InChI=1S/C16H20FN3O3/c1-3-5-13(15(18)22)20-16(23)14(19-10(2)21)9-11-6-4-7-12(17)8-11/h3-4,6-8,13-14H,1,5,9H2,2H3,(H2,18,22)(H,19,21)(H,20,23)/t13-,14-/m0/s1. The lowest BCUT2D eigenvalue weighted by molar-refractivity contribution is -0.130. The minimum atomic E-state index is -0.944. The van der Waals surface area contributed by atoms with Gasteiger partial charge in [0.2, 0.25) is 17.7 Å². The van der Waals surface area contributed by atoms with Crippen molar-refractivity contribution in [2.45, 2.75) is 31.8 Å². The Morgan fingerprint density at radius 2 is 2.00 bits per heavy atom. The van der Waals surface area contributed by atoms with E-state index in [0.29, 0.717) is 5.56 Å². The first-order valence-corrected chi connectivity index (χ1v) is 7.05. The van der Waals surface area contributed by atoms with Crippen molar-refractivity contribution in [1.29, 1.82) is 0 Å². The molecule has 0 spiro atoms. The van der Waals surface area contributed by atoms with Gasteiger partial charge >= 0.3 is 0 Å². The average molecular weight is 321 g/mol. The number of hydrogen-bond donors (Lipinski definition) is 3. The molecule has 1 aromatic rings. The zero-order valence-corrected chi connectivity index (χ0v) is 12.8. The third-order valence-electron chi connectivity index (χ3n) is 3.09. The van der Waals surface area contributed by atoms with Gasteiger partial charge in [0, 0.05) is 13.3 Å². The minimum Gasteiger partial charge on any atom is -0.368 e. The number of primary amides is 1. The second-order valence-electron chi connectivity index (χ2n) is 5.08. The molecule has 6 nitrogen and oxygen atoms in total. The van der Waals surface area contributed by atoms with Crippen LogP contribution < -0.4 is 16.4 Å². The van der Waals surface area contributed by atoms with Gasteiger partial charge in [0.25, 0.3) is 0 Å². The molecule has 0 aliphatic carbocycles. The Kier molecular flexibility index (Phi) is 6.92. The van der Waals surface area contributed by atoms with Gasteiger partial charge in [-0.05, 0) is 24.1 Å². The number of benzene rings is 1. The van der Waals surface area contributed by atoms with Crippen LogP contribution in [0.1, 0.15) is 18.9 Å². The summed E-state index contributed by atoms with van der Waals surface area (Å²) in [7, 11) is 0. The van der Waals surface area contributed by atoms with Crippen molar-refractivity contribution in [2.24, 2.45) is 5.73 Å². The van der Waals surface area contributed by atoms with E-state index in [9.17, 15) is 18.8 Å². The molecule has 4 N–H and O–H groups in total. The van der Waals surface area contributed by atoms with Gasteiger partial charge in [-0.1, -0.05) is 18.2 Å². The van der Waals surface area contributed by atoms with Crippen molar-refractivity contribution < 1.29 is 18.8 Å². The molecule has 0 saturated heterocycles. The minimum absolute atomic E-state index is 0.0861. The smallest absolute Gasteiger partial charge is 0.243 e. The molecule has 0 heterocycles. The zero-order valence-electron chi connectivity index (χ0n) is 12.8. The monoisotopic (exact) mass is 321 g/mol. The summed E-state index contributed by atoms with van der Waals surface area (Å²) in [6.07, 6.45) is 1.71. The second-order valence-corrected chi connectivity index (χ2v) is 5.08. The first-order chi connectivity index (χ1) is 10.8. The topological polar surface area (TPSA) is 101 Å². The van der Waals surface area contributed by atoms with Crippen LogP contribution in [0.5, 0.6) is 0 Å². The Balaban J connectivity index is 2.87. The summed E-state index contributed by atoms with van der Waals surface area (Å²) >= 11 is 0. The number of rotatable bonds is 8. The maximum absolute atomic E-state index is 13.2. The van der Waals surface area contributed by atoms with Crippen LogP contribution in [0, 0.1) is 5.82 Å². The largest absolute Gasteiger partial charge is 0.368 e. The van der Waals surface area contributed by atoms with Crippen molar-refractivity contribution in [2.75, 3.05) is 0 Å². The van der Waals surface area contributed by atoms with Gasteiger partial charge in [-0.3, -0.25) is 14.4 Å². The normalized spacial score (nSPS) is 12.8. The van der Waals surface area contributed by atoms with Crippen LogP contribution in [-0.4, -0.2) is 29.8 Å². The first-order valence-electron chi connectivity index (χ1n) is 7.05. The first kappa shape index (κ1) is 18.3. The van der Waals surface area contributed by atoms with Gasteiger partial charge in [-0.2, -0.15) is 0 Å². The lowest BCUT2D eigenvalue weighted by atomic mass is 10.0. The van der Waals surface area contributed by atoms with E-state index in [-0.39, 0.29) is 12.8 Å². The molecule has 0 unspecified atom stereocenters. The third kappa shape index (κ3) is 6.29. The van der Waals surface area contributed by atoms with Crippen molar-refractivity contribution in [1.82, 2.24) is 10.6 Å². The molecule has 0 saturated carbocycles.